The molecule has 0 bridgehead atoms. The number of amides is 1. The normalized spacial score (nSPS) is 12.8. The molecule has 3 aromatic carbocycles. The number of benzene rings is 3. The van der Waals surface area contributed by atoms with Gasteiger partial charge in [0.15, 0.2) is 0 Å². The van der Waals surface area contributed by atoms with Crippen LogP contribution in [0.15, 0.2) is 91.3 Å². The predicted octanol–water partition coefficient (Wildman–Crippen LogP) is 5.64. The molecule has 6 heteroatoms. The zero-order valence-electron chi connectivity index (χ0n) is 18.7. The van der Waals surface area contributed by atoms with E-state index in [-0.39, 0.29) is 11.9 Å². The first-order valence-electron chi connectivity index (χ1n) is 10.9. The maximum Gasteiger partial charge on any atom is 0.246 e. The van der Waals surface area contributed by atoms with Gasteiger partial charge < -0.3 is 5.32 Å². The van der Waals surface area contributed by atoms with E-state index >= 15 is 0 Å². The average Bonchev–Trinajstić information content (AvgIpc) is 3.26. The Hall–Kier alpha value is -3.41. The third-order valence-corrected chi connectivity index (χ3v) is 5.74. The molecular formula is C27H27ClN4O. The van der Waals surface area contributed by atoms with Gasteiger partial charge in [0.1, 0.15) is 6.04 Å². The Bertz CT molecular complexity index is 1190. The van der Waals surface area contributed by atoms with Gasteiger partial charge in [-0.3, -0.25) is 14.8 Å². The summed E-state index contributed by atoms with van der Waals surface area (Å²) < 4.78 is 1.77. The van der Waals surface area contributed by atoms with Crippen molar-refractivity contribution >= 4 is 23.2 Å². The number of anilines is 1. The van der Waals surface area contributed by atoms with Crippen molar-refractivity contribution in [1.29, 1.82) is 0 Å². The molecule has 4 aromatic rings. The van der Waals surface area contributed by atoms with Crippen molar-refractivity contribution in [3.63, 3.8) is 0 Å². The van der Waals surface area contributed by atoms with Crippen LogP contribution in [0.4, 0.5) is 5.69 Å². The van der Waals surface area contributed by atoms with Crippen LogP contribution in [-0.2, 0) is 18.3 Å². The molecular weight excluding hydrogens is 432 g/mol. The number of halogens is 1. The smallest absolute Gasteiger partial charge is 0.246 e. The third-order valence-electron chi connectivity index (χ3n) is 5.49. The number of hydrogen-bond donors (Lipinski definition) is 2. The lowest BCUT2D eigenvalue weighted by molar-refractivity contribution is -0.118. The van der Waals surface area contributed by atoms with Crippen LogP contribution < -0.4 is 10.6 Å². The quantitative estimate of drug-likeness (QED) is 0.359. The molecule has 1 amide bonds. The van der Waals surface area contributed by atoms with Crippen LogP contribution >= 0.6 is 11.6 Å². The largest absolute Gasteiger partial charge is 0.324 e. The van der Waals surface area contributed by atoms with E-state index in [1.165, 1.54) is 0 Å². The summed E-state index contributed by atoms with van der Waals surface area (Å²) in [5.74, 6) is -0.0988. The average molecular weight is 459 g/mol. The van der Waals surface area contributed by atoms with Gasteiger partial charge in [0.05, 0.1) is 6.20 Å². The van der Waals surface area contributed by atoms with Crippen LogP contribution in [0.1, 0.15) is 24.1 Å². The minimum atomic E-state index is -0.480. The van der Waals surface area contributed by atoms with Crippen molar-refractivity contribution in [2.45, 2.75) is 25.4 Å². The fraction of sp³-hybridized carbons (Fsp3) is 0.185. The van der Waals surface area contributed by atoms with Crippen molar-refractivity contribution in [1.82, 2.24) is 15.1 Å². The highest BCUT2D eigenvalue weighted by Crippen LogP contribution is 2.22. The van der Waals surface area contributed by atoms with Gasteiger partial charge in [-0.1, -0.05) is 66.2 Å². The fourth-order valence-electron chi connectivity index (χ4n) is 3.82. The molecule has 0 saturated heterocycles. The second-order valence-electron chi connectivity index (χ2n) is 8.21. The molecule has 0 aliphatic heterocycles. The van der Waals surface area contributed by atoms with E-state index in [9.17, 15) is 4.79 Å². The van der Waals surface area contributed by atoms with Crippen molar-refractivity contribution in [2.75, 3.05) is 5.32 Å². The topological polar surface area (TPSA) is 59.0 Å². The van der Waals surface area contributed by atoms with E-state index in [2.05, 4.69) is 22.7 Å². The minimum absolute atomic E-state index is 0.0788. The van der Waals surface area contributed by atoms with Crippen molar-refractivity contribution in [3.05, 3.63) is 107 Å². The first kappa shape index (κ1) is 22.8. The summed E-state index contributed by atoms with van der Waals surface area (Å²) in [6, 6.07) is 25.0. The number of rotatable bonds is 8. The summed E-state index contributed by atoms with van der Waals surface area (Å²) in [7, 11) is 1.89. The highest BCUT2D eigenvalue weighted by Gasteiger charge is 2.22. The van der Waals surface area contributed by atoms with Crippen LogP contribution in [0.3, 0.4) is 0 Å². The molecule has 4 rings (SSSR count). The van der Waals surface area contributed by atoms with Gasteiger partial charge in [-0.25, -0.2) is 0 Å². The second-order valence-corrected chi connectivity index (χ2v) is 8.65. The fourth-order valence-corrected chi connectivity index (χ4v) is 3.94. The molecule has 0 radical (unpaired) electrons. The highest BCUT2D eigenvalue weighted by molar-refractivity contribution is 6.30. The number of aryl methyl sites for hydroxylation is 1. The summed E-state index contributed by atoms with van der Waals surface area (Å²) in [6.07, 6.45) is 4.57. The van der Waals surface area contributed by atoms with Gasteiger partial charge in [0, 0.05) is 35.6 Å². The maximum atomic E-state index is 13.3. The maximum absolute atomic E-state index is 13.3. The minimum Gasteiger partial charge on any atom is -0.324 e. The Morgan fingerprint density at radius 2 is 1.67 bits per heavy atom. The Kier molecular flexibility index (Phi) is 7.23. The number of nitrogens with one attached hydrogen (secondary N) is 2. The molecule has 0 aliphatic rings. The molecule has 2 N–H and O–H groups in total. The molecule has 1 aromatic heterocycles. The van der Waals surface area contributed by atoms with E-state index in [1.807, 2.05) is 98.3 Å². The number of carbonyl (C=O) groups excluding carboxylic acids is 1. The van der Waals surface area contributed by atoms with Gasteiger partial charge in [-0.15, -0.1) is 0 Å². The lowest BCUT2D eigenvalue weighted by atomic mass is 10.0. The summed E-state index contributed by atoms with van der Waals surface area (Å²) in [5.41, 5.74) is 4.92. The third kappa shape index (κ3) is 6.09. The Morgan fingerprint density at radius 1 is 0.970 bits per heavy atom. The predicted molar refractivity (Wildman–Crippen MR) is 134 cm³/mol. The monoisotopic (exact) mass is 458 g/mol. The van der Waals surface area contributed by atoms with E-state index in [1.54, 1.807) is 4.68 Å². The summed E-state index contributed by atoms with van der Waals surface area (Å²) >= 11 is 6.00. The number of hydrogen-bond acceptors (Lipinski definition) is 3. The van der Waals surface area contributed by atoms with Crippen LogP contribution in [0.2, 0.25) is 5.02 Å². The summed E-state index contributed by atoms with van der Waals surface area (Å²) in [4.78, 5) is 13.3. The first-order chi connectivity index (χ1) is 16.0. The number of carbonyl (C=O) groups is 1. The van der Waals surface area contributed by atoms with E-state index < -0.39 is 6.04 Å². The molecule has 2 unspecified atom stereocenters. The Morgan fingerprint density at radius 3 is 2.30 bits per heavy atom. The SMILES string of the molecule is CC(Cc1ccc(Cl)cc1)NC(C(=O)Nc1ccc(-c2cnn(C)c2)cc1)c1ccccc1. The highest BCUT2D eigenvalue weighted by atomic mass is 35.5. The first-order valence-corrected chi connectivity index (χ1v) is 11.3. The molecule has 2 atom stereocenters. The van der Waals surface area contributed by atoms with E-state index in [0.29, 0.717) is 0 Å². The zero-order valence-corrected chi connectivity index (χ0v) is 19.5. The Labute approximate surface area is 199 Å². The summed E-state index contributed by atoms with van der Waals surface area (Å²) in [5, 5.41) is 11.5. The lowest BCUT2D eigenvalue weighted by Crippen LogP contribution is -2.39. The molecule has 0 saturated carbocycles. The van der Waals surface area contributed by atoms with Crippen LogP contribution in [-0.4, -0.2) is 21.7 Å². The molecule has 168 valence electrons. The molecule has 0 spiro atoms. The van der Waals surface area contributed by atoms with Crippen molar-refractivity contribution in [2.24, 2.45) is 7.05 Å². The molecule has 33 heavy (non-hydrogen) atoms. The van der Waals surface area contributed by atoms with Crippen molar-refractivity contribution < 1.29 is 4.79 Å². The van der Waals surface area contributed by atoms with E-state index in [4.69, 9.17) is 11.6 Å². The second kappa shape index (κ2) is 10.5. The van der Waals surface area contributed by atoms with Gasteiger partial charge in [-0.05, 0) is 54.3 Å². The van der Waals surface area contributed by atoms with Crippen LogP contribution in [0.25, 0.3) is 11.1 Å². The van der Waals surface area contributed by atoms with Gasteiger partial charge in [0.2, 0.25) is 5.91 Å². The van der Waals surface area contributed by atoms with Crippen LogP contribution in [0, 0.1) is 0 Å². The van der Waals surface area contributed by atoms with E-state index in [0.717, 1.165) is 39.4 Å². The van der Waals surface area contributed by atoms with Gasteiger partial charge in [0.25, 0.3) is 0 Å². The lowest BCUT2D eigenvalue weighted by Gasteiger charge is -2.23. The van der Waals surface area contributed by atoms with Gasteiger partial charge in [-0.2, -0.15) is 5.10 Å². The molecule has 1 heterocycles. The van der Waals surface area contributed by atoms with Gasteiger partial charge >= 0.3 is 0 Å². The molecule has 0 aliphatic carbocycles. The molecule has 0 fully saturated rings. The Balaban J connectivity index is 1.47. The standard InChI is InChI=1S/C27H27ClN4O/c1-19(16-20-8-12-24(28)13-9-20)30-26(22-6-4-3-5-7-22)27(33)31-25-14-10-21(11-15-25)23-17-29-32(2)18-23/h3-15,17-19,26,30H,16H2,1-2H3,(H,31,33). The van der Waals surface area contributed by atoms with Crippen LogP contribution in [0.5, 0.6) is 0 Å². The zero-order chi connectivity index (χ0) is 23.2. The van der Waals surface area contributed by atoms with Crippen molar-refractivity contribution in [3.8, 4) is 11.1 Å². The number of aromatic nitrogens is 2. The number of nitrogens with zero attached hydrogens (tertiary/aromatic N) is 2. The molecule has 5 nitrogen and oxygen atoms in total. The summed E-state index contributed by atoms with van der Waals surface area (Å²) in [6.45, 7) is 2.08.